The summed E-state index contributed by atoms with van der Waals surface area (Å²) in [6.07, 6.45) is 0.706. The molecule has 0 radical (unpaired) electrons. The average molecular weight is 419 g/mol. The molecule has 0 fully saturated rings. The third-order valence-electron chi connectivity index (χ3n) is 4.26. The van der Waals surface area contributed by atoms with Gasteiger partial charge in [-0.15, -0.1) is 11.8 Å². The van der Waals surface area contributed by atoms with Crippen LogP contribution in [0, 0.1) is 0 Å². The van der Waals surface area contributed by atoms with E-state index >= 15 is 0 Å². The molecule has 28 heavy (non-hydrogen) atoms. The van der Waals surface area contributed by atoms with Gasteiger partial charge in [0.2, 0.25) is 11.8 Å². The first-order valence-electron chi connectivity index (χ1n) is 9.39. The Labute approximate surface area is 176 Å². The van der Waals surface area contributed by atoms with E-state index in [-0.39, 0.29) is 23.6 Å². The average Bonchev–Trinajstić information content (AvgIpc) is 2.67. The van der Waals surface area contributed by atoms with Crippen molar-refractivity contribution in [3.05, 3.63) is 65.2 Å². The second-order valence-corrected chi connectivity index (χ2v) is 8.39. The van der Waals surface area contributed by atoms with Crippen LogP contribution in [0.3, 0.4) is 0 Å². The fourth-order valence-corrected chi connectivity index (χ4v) is 3.64. The number of nitrogens with one attached hydrogen (secondary N) is 1. The van der Waals surface area contributed by atoms with Crippen LogP contribution in [0.2, 0.25) is 5.02 Å². The molecule has 150 valence electrons. The van der Waals surface area contributed by atoms with Crippen molar-refractivity contribution < 1.29 is 9.59 Å². The number of halogens is 1. The molecule has 0 unspecified atom stereocenters. The zero-order valence-electron chi connectivity index (χ0n) is 16.5. The highest BCUT2D eigenvalue weighted by Gasteiger charge is 2.26. The second kappa shape index (κ2) is 11.1. The van der Waals surface area contributed by atoms with Crippen molar-refractivity contribution in [2.24, 2.45) is 0 Å². The lowest BCUT2D eigenvalue weighted by molar-refractivity contribution is -0.138. The molecule has 0 heterocycles. The van der Waals surface area contributed by atoms with Gasteiger partial charge in [0.1, 0.15) is 6.04 Å². The first-order chi connectivity index (χ1) is 13.4. The van der Waals surface area contributed by atoms with Gasteiger partial charge in [0.15, 0.2) is 0 Å². The highest BCUT2D eigenvalue weighted by atomic mass is 35.5. The Balaban J connectivity index is 2.05. The Kier molecular flexibility index (Phi) is 8.87. The van der Waals surface area contributed by atoms with E-state index in [0.29, 0.717) is 18.0 Å². The van der Waals surface area contributed by atoms with Gasteiger partial charge in [0.25, 0.3) is 0 Å². The Morgan fingerprint density at radius 3 is 2.29 bits per heavy atom. The molecule has 2 amide bonds. The monoisotopic (exact) mass is 418 g/mol. The molecule has 0 aliphatic carbocycles. The van der Waals surface area contributed by atoms with Crippen LogP contribution >= 0.6 is 23.4 Å². The quantitative estimate of drug-likeness (QED) is 0.613. The van der Waals surface area contributed by atoms with Gasteiger partial charge in [-0.2, -0.15) is 0 Å². The Bertz CT molecular complexity index is 766. The van der Waals surface area contributed by atoms with Crippen molar-refractivity contribution in [3.63, 3.8) is 0 Å². The van der Waals surface area contributed by atoms with Crippen LogP contribution in [0.25, 0.3) is 0 Å². The molecule has 0 bridgehead atoms. The number of benzene rings is 2. The van der Waals surface area contributed by atoms with Crippen LogP contribution < -0.4 is 5.32 Å². The van der Waals surface area contributed by atoms with Crippen molar-refractivity contribution >= 4 is 35.2 Å². The van der Waals surface area contributed by atoms with Gasteiger partial charge in [0, 0.05) is 22.5 Å². The summed E-state index contributed by atoms with van der Waals surface area (Å²) in [5, 5.41) is 3.57. The molecule has 0 aromatic heterocycles. The van der Waals surface area contributed by atoms with Gasteiger partial charge in [-0.1, -0.05) is 41.9 Å². The minimum Gasteiger partial charge on any atom is -0.352 e. The van der Waals surface area contributed by atoms with Crippen molar-refractivity contribution in [3.8, 4) is 0 Å². The molecule has 0 saturated heterocycles. The molecule has 0 saturated carbocycles. The molecule has 0 aliphatic heterocycles. The predicted molar refractivity (Wildman–Crippen MR) is 117 cm³/mol. The summed E-state index contributed by atoms with van der Waals surface area (Å²) < 4.78 is 0. The molecular formula is C22H27ClN2O2S. The van der Waals surface area contributed by atoms with Gasteiger partial charge in [-0.05, 0) is 57.0 Å². The molecule has 2 aromatic rings. The normalized spacial score (nSPS) is 11.9. The lowest BCUT2D eigenvalue weighted by Gasteiger charge is -2.29. The number of rotatable bonds is 9. The predicted octanol–water partition coefficient (Wildman–Crippen LogP) is 4.42. The molecule has 4 nitrogen and oxygen atoms in total. The summed E-state index contributed by atoms with van der Waals surface area (Å²) >= 11 is 7.36. The summed E-state index contributed by atoms with van der Waals surface area (Å²) in [6.45, 7) is 6.11. The van der Waals surface area contributed by atoms with Crippen molar-refractivity contribution in [1.82, 2.24) is 10.2 Å². The molecule has 2 rings (SSSR count). The van der Waals surface area contributed by atoms with E-state index in [1.165, 1.54) is 11.8 Å². The topological polar surface area (TPSA) is 49.4 Å². The second-order valence-electron chi connectivity index (χ2n) is 6.90. The maximum absolute atomic E-state index is 12.9. The highest BCUT2D eigenvalue weighted by Crippen LogP contribution is 2.21. The first-order valence-corrected chi connectivity index (χ1v) is 10.8. The van der Waals surface area contributed by atoms with E-state index in [9.17, 15) is 9.59 Å². The number of amides is 2. The fraction of sp³-hybridized carbons (Fsp3) is 0.364. The zero-order chi connectivity index (χ0) is 20.5. The lowest BCUT2D eigenvalue weighted by atomic mass is 10.1. The number of carbonyl (C=O) groups excluding carboxylic acids is 2. The Morgan fingerprint density at radius 2 is 1.68 bits per heavy atom. The number of nitrogens with zero attached hydrogens (tertiary/aromatic N) is 1. The fourth-order valence-electron chi connectivity index (χ4n) is 2.73. The van der Waals surface area contributed by atoms with Crippen LogP contribution in [-0.4, -0.2) is 41.1 Å². The smallest absolute Gasteiger partial charge is 0.242 e. The van der Waals surface area contributed by atoms with Crippen LogP contribution in [0.15, 0.2) is 59.5 Å². The summed E-state index contributed by atoms with van der Waals surface area (Å²) in [7, 11) is 0. The zero-order valence-corrected chi connectivity index (χ0v) is 18.1. The standard InChI is InChI=1S/C22H27ClN2O2S/c1-16(2)24-22(27)17(3)25(14-13-18-7-5-4-6-8-18)21(26)15-28-20-11-9-19(23)10-12-20/h4-12,16-17H,13-15H2,1-3H3,(H,24,27)/t17-/m1/s1. The number of carbonyl (C=O) groups is 2. The lowest BCUT2D eigenvalue weighted by Crippen LogP contribution is -2.50. The molecular weight excluding hydrogens is 392 g/mol. The number of thioether (sulfide) groups is 1. The molecule has 0 aliphatic rings. The minimum atomic E-state index is -0.524. The van der Waals surface area contributed by atoms with E-state index in [1.54, 1.807) is 24.0 Å². The van der Waals surface area contributed by atoms with Crippen LogP contribution in [0.1, 0.15) is 26.3 Å². The molecule has 1 N–H and O–H groups in total. The van der Waals surface area contributed by atoms with E-state index in [4.69, 9.17) is 11.6 Å². The van der Waals surface area contributed by atoms with Crippen LogP contribution in [-0.2, 0) is 16.0 Å². The largest absolute Gasteiger partial charge is 0.352 e. The summed E-state index contributed by atoms with van der Waals surface area (Å²) in [6, 6.07) is 16.9. The highest BCUT2D eigenvalue weighted by molar-refractivity contribution is 8.00. The molecule has 0 spiro atoms. The molecule has 2 aromatic carbocycles. The van der Waals surface area contributed by atoms with Gasteiger partial charge >= 0.3 is 0 Å². The Hall–Kier alpha value is -1.98. The number of hydrogen-bond donors (Lipinski definition) is 1. The third kappa shape index (κ3) is 7.21. The summed E-state index contributed by atoms with van der Waals surface area (Å²) in [5.41, 5.74) is 1.14. The SMILES string of the molecule is CC(C)NC(=O)[C@@H](C)N(CCc1ccccc1)C(=O)CSc1ccc(Cl)cc1. The van der Waals surface area contributed by atoms with Gasteiger partial charge < -0.3 is 10.2 Å². The number of hydrogen-bond acceptors (Lipinski definition) is 3. The third-order valence-corrected chi connectivity index (χ3v) is 5.51. The van der Waals surface area contributed by atoms with E-state index in [2.05, 4.69) is 5.32 Å². The Morgan fingerprint density at radius 1 is 1.04 bits per heavy atom. The maximum atomic E-state index is 12.9. The van der Waals surface area contributed by atoms with Crippen molar-refractivity contribution in [2.45, 2.75) is 44.2 Å². The van der Waals surface area contributed by atoms with E-state index in [0.717, 1.165) is 10.5 Å². The first kappa shape index (κ1) is 22.3. The van der Waals surface area contributed by atoms with Gasteiger partial charge in [0.05, 0.1) is 5.75 Å². The van der Waals surface area contributed by atoms with E-state index < -0.39 is 6.04 Å². The van der Waals surface area contributed by atoms with Crippen LogP contribution in [0.5, 0.6) is 0 Å². The molecule has 6 heteroatoms. The van der Waals surface area contributed by atoms with E-state index in [1.807, 2.05) is 56.3 Å². The maximum Gasteiger partial charge on any atom is 0.242 e. The van der Waals surface area contributed by atoms with Crippen molar-refractivity contribution in [1.29, 1.82) is 0 Å². The summed E-state index contributed by atoms with van der Waals surface area (Å²) in [5.74, 6) is 0.0885. The molecule has 1 atom stereocenters. The van der Waals surface area contributed by atoms with Crippen LogP contribution in [0.4, 0.5) is 0 Å². The van der Waals surface area contributed by atoms with Gasteiger partial charge in [-0.3, -0.25) is 9.59 Å². The minimum absolute atomic E-state index is 0.0319. The van der Waals surface area contributed by atoms with Crippen molar-refractivity contribution in [2.75, 3.05) is 12.3 Å². The summed E-state index contributed by atoms with van der Waals surface area (Å²) in [4.78, 5) is 28.1. The van der Waals surface area contributed by atoms with Gasteiger partial charge in [-0.25, -0.2) is 0 Å².